The summed E-state index contributed by atoms with van der Waals surface area (Å²) in [6.45, 7) is 1.88. The number of nitrogens with zero attached hydrogens (tertiary/aromatic N) is 1. The molecule has 5 nitrogen and oxygen atoms in total. The summed E-state index contributed by atoms with van der Waals surface area (Å²) in [5, 5.41) is 15.8. The molecular weight excluding hydrogens is 361 g/mol. The summed E-state index contributed by atoms with van der Waals surface area (Å²) < 4.78 is 5.17. The third-order valence-electron chi connectivity index (χ3n) is 3.35. The number of carbonyl (C=O) groups excluding carboxylic acids is 1. The Balaban J connectivity index is 2.20. The molecule has 2 N–H and O–H groups in total. The van der Waals surface area contributed by atoms with Gasteiger partial charge in [-0.1, -0.05) is 29.3 Å². The smallest absolute Gasteiger partial charge is 0.267 e. The van der Waals surface area contributed by atoms with Crippen LogP contribution in [0.15, 0.2) is 48.2 Å². The van der Waals surface area contributed by atoms with Crippen molar-refractivity contribution in [3.8, 4) is 11.8 Å². The number of methoxy groups -OCH3 is 1. The summed E-state index contributed by atoms with van der Waals surface area (Å²) in [5.41, 5.74) is 1.89. The van der Waals surface area contributed by atoms with E-state index in [9.17, 15) is 10.1 Å². The molecule has 2 aromatic carbocycles. The largest absolute Gasteiger partial charge is 0.495 e. The molecule has 0 heterocycles. The van der Waals surface area contributed by atoms with Gasteiger partial charge >= 0.3 is 0 Å². The molecular formula is C18H15Cl2N3O2. The number of rotatable bonds is 5. The second-order valence-electron chi connectivity index (χ2n) is 5.07. The van der Waals surface area contributed by atoms with Gasteiger partial charge in [-0.05, 0) is 42.8 Å². The molecule has 0 saturated heterocycles. The van der Waals surface area contributed by atoms with Gasteiger partial charge in [0.05, 0.1) is 12.8 Å². The Hall–Kier alpha value is -2.68. The van der Waals surface area contributed by atoms with E-state index in [4.69, 9.17) is 27.9 Å². The van der Waals surface area contributed by atoms with Gasteiger partial charge < -0.3 is 15.4 Å². The second kappa shape index (κ2) is 8.43. The molecule has 0 radical (unpaired) electrons. The van der Waals surface area contributed by atoms with Crippen LogP contribution in [0.2, 0.25) is 10.0 Å². The Morgan fingerprint density at radius 2 is 1.80 bits per heavy atom. The highest BCUT2D eigenvalue weighted by molar-refractivity contribution is 6.31. The molecule has 0 bridgehead atoms. The normalized spacial score (nSPS) is 10.8. The molecule has 0 saturated carbocycles. The number of nitriles is 1. The molecule has 0 aromatic heterocycles. The topological polar surface area (TPSA) is 74.1 Å². The van der Waals surface area contributed by atoms with Crippen LogP contribution >= 0.6 is 23.2 Å². The number of carbonyl (C=O) groups is 1. The summed E-state index contributed by atoms with van der Waals surface area (Å²) >= 11 is 11.9. The zero-order chi connectivity index (χ0) is 18.4. The molecule has 0 spiro atoms. The lowest BCUT2D eigenvalue weighted by Gasteiger charge is -2.10. The van der Waals surface area contributed by atoms with Gasteiger partial charge in [0.15, 0.2) is 0 Å². The van der Waals surface area contributed by atoms with Gasteiger partial charge in [-0.25, -0.2) is 0 Å². The summed E-state index contributed by atoms with van der Waals surface area (Å²) in [4.78, 5) is 12.3. The van der Waals surface area contributed by atoms with Crippen LogP contribution in [-0.2, 0) is 4.79 Å². The molecule has 7 heteroatoms. The van der Waals surface area contributed by atoms with E-state index >= 15 is 0 Å². The number of nitrogens with one attached hydrogen (secondary N) is 2. The Morgan fingerprint density at radius 3 is 2.44 bits per heavy atom. The highest BCUT2D eigenvalue weighted by Crippen LogP contribution is 2.28. The molecule has 2 rings (SSSR count). The van der Waals surface area contributed by atoms with Crippen LogP contribution in [0.1, 0.15) is 5.56 Å². The Morgan fingerprint density at radius 1 is 1.16 bits per heavy atom. The van der Waals surface area contributed by atoms with Gasteiger partial charge in [0, 0.05) is 21.9 Å². The minimum Gasteiger partial charge on any atom is -0.495 e. The number of hydrogen-bond acceptors (Lipinski definition) is 4. The van der Waals surface area contributed by atoms with E-state index in [-0.39, 0.29) is 5.57 Å². The summed E-state index contributed by atoms with van der Waals surface area (Å²) in [6.07, 6.45) is 1.32. The van der Waals surface area contributed by atoms with E-state index in [1.807, 2.05) is 19.1 Å². The highest BCUT2D eigenvalue weighted by Gasteiger charge is 2.13. The van der Waals surface area contributed by atoms with Gasteiger partial charge in [-0.2, -0.15) is 5.26 Å². The lowest BCUT2D eigenvalue weighted by atomic mass is 10.2. The maximum atomic E-state index is 12.3. The van der Waals surface area contributed by atoms with Crippen molar-refractivity contribution in [2.24, 2.45) is 0 Å². The number of anilines is 2. The molecule has 1 amide bonds. The van der Waals surface area contributed by atoms with Crippen molar-refractivity contribution >= 4 is 40.5 Å². The quantitative estimate of drug-likeness (QED) is 0.582. The molecule has 0 aliphatic rings. The first-order valence-electron chi connectivity index (χ1n) is 7.22. The maximum absolute atomic E-state index is 12.3. The third-order valence-corrected chi connectivity index (χ3v) is 3.82. The molecule has 2 aromatic rings. The Labute approximate surface area is 155 Å². The zero-order valence-corrected chi connectivity index (χ0v) is 15.1. The van der Waals surface area contributed by atoms with Crippen molar-refractivity contribution in [3.05, 3.63) is 63.8 Å². The minimum atomic E-state index is -0.588. The fourth-order valence-corrected chi connectivity index (χ4v) is 2.36. The van der Waals surface area contributed by atoms with Crippen LogP contribution in [0.25, 0.3) is 0 Å². The molecule has 0 fully saturated rings. The number of halogens is 2. The minimum absolute atomic E-state index is 0.110. The van der Waals surface area contributed by atoms with Gasteiger partial charge in [0.1, 0.15) is 17.4 Å². The molecule has 128 valence electrons. The van der Waals surface area contributed by atoms with Gasteiger partial charge in [0.25, 0.3) is 5.91 Å². The molecule has 25 heavy (non-hydrogen) atoms. The summed E-state index contributed by atoms with van der Waals surface area (Å²) in [5.74, 6) is -0.149. The van der Waals surface area contributed by atoms with Gasteiger partial charge in [0.2, 0.25) is 0 Å². The lowest BCUT2D eigenvalue weighted by Crippen LogP contribution is -2.15. The maximum Gasteiger partial charge on any atom is 0.267 e. The number of benzene rings is 2. The number of aryl methyl sites for hydroxylation is 1. The van der Waals surface area contributed by atoms with Crippen LogP contribution in [0.5, 0.6) is 5.75 Å². The average Bonchev–Trinajstić information content (AvgIpc) is 2.58. The van der Waals surface area contributed by atoms with Crippen LogP contribution in [-0.4, -0.2) is 13.0 Å². The number of hydrogen-bond donors (Lipinski definition) is 2. The average molecular weight is 376 g/mol. The van der Waals surface area contributed by atoms with E-state index in [1.54, 1.807) is 30.3 Å². The monoisotopic (exact) mass is 375 g/mol. The highest BCUT2D eigenvalue weighted by atomic mass is 35.5. The SMILES string of the molecule is COc1ccc(Cl)cc1NC(=O)/C(C#N)=C\Nc1cc(Cl)ccc1C. The fraction of sp³-hybridized carbons (Fsp3) is 0.111. The number of amides is 1. The van der Waals surface area contributed by atoms with Crippen molar-refractivity contribution in [2.75, 3.05) is 17.7 Å². The first-order valence-corrected chi connectivity index (χ1v) is 7.98. The van der Waals surface area contributed by atoms with Crippen molar-refractivity contribution in [2.45, 2.75) is 6.92 Å². The van der Waals surface area contributed by atoms with E-state index in [2.05, 4.69) is 10.6 Å². The van der Waals surface area contributed by atoms with Crippen LogP contribution < -0.4 is 15.4 Å². The van der Waals surface area contributed by atoms with E-state index in [0.717, 1.165) is 5.56 Å². The first kappa shape index (κ1) is 18.7. The third kappa shape index (κ3) is 4.90. The van der Waals surface area contributed by atoms with Crippen molar-refractivity contribution in [1.82, 2.24) is 0 Å². The van der Waals surface area contributed by atoms with Crippen LogP contribution in [0.4, 0.5) is 11.4 Å². The zero-order valence-electron chi connectivity index (χ0n) is 13.6. The first-order chi connectivity index (χ1) is 11.9. The predicted octanol–water partition coefficient (Wildman–Crippen LogP) is 4.77. The van der Waals surface area contributed by atoms with E-state index in [1.165, 1.54) is 13.3 Å². The standard InChI is InChI=1S/C18H15Cl2N3O2/c1-11-3-4-13(19)7-15(11)22-10-12(9-21)18(24)23-16-8-14(20)5-6-17(16)25-2/h3-8,10,22H,1-2H3,(H,23,24)/b12-10-. The number of ether oxygens (including phenoxy) is 1. The summed E-state index contributed by atoms with van der Waals surface area (Å²) in [6, 6.07) is 12.0. The Kier molecular flexibility index (Phi) is 6.29. The molecule has 0 atom stereocenters. The molecule has 0 unspecified atom stereocenters. The van der Waals surface area contributed by atoms with Gasteiger partial charge in [-0.15, -0.1) is 0 Å². The van der Waals surface area contributed by atoms with Crippen molar-refractivity contribution < 1.29 is 9.53 Å². The fourth-order valence-electron chi connectivity index (χ4n) is 2.02. The van der Waals surface area contributed by atoms with E-state index < -0.39 is 5.91 Å². The van der Waals surface area contributed by atoms with Gasteiger partial charge in [-0.3, -0.25) is 4.79 Å². The van der Waals surface area contributed by atoms with Crippen LogP contribution in [0, 0.1) is 18.3 Å². The lowest BCUT2D eigenvalue weighted by molar-refractivity contribution is -0.112. The molecule has 0 aliphatic heterocycles. The predicted molar refractivity (Wildman–Crippen MR) is 100 cm³/mol. The second-order valence-corrected chi connectivity index (χ2v) is 5.94. The molecule has 0 aliphatic carbocycles. The van der Waals surface area contributed by atoms with Crippen molar-refractivity contribution in [1.29, 1.82) is 5.26 Å². The van der Waals surface area contributed by atoms with E-state index in [0.29, 0.717) is 27.2 Å². The van der Waals surface area contributed by atoms with Crippen molar-refractivity contribution in [3.63, 3.8) is 0 Å². The summed E-state index contributed by atoms with van der Waals surface area (Å²) in [7, 11) is 1.48. The Bertz CT molecular complexity index is 873. The van der Waals surface area contributed by atoms with Crippen LogP contribution in [0.3, 0.4) is 0 Å².